The second kappa shape index (κ2) is 15.7. The molecule has 13 heteroatoms. The number of benzene rings is 1. The smallest absolute Gasteiger partial charge is 0.326 e. The number of primary amides is 1. The SMILES string of the molecule is CSCCC(NC(=O)C(N)CO)C(=O)NC(CCC(N)=O)C(=O)NC(Cc1ccccc1)C(=O)O. The molecule has 0 heterocycles. The molecule has 0 bridgehead atoms. The first-order chi connectivity index (χ1) is 16.6. The van der Waals surface area contributed by atoms with Crippen molar-refractivity contribution < 1.29 is 34.2 Å². The van der Waals surface area contributed by atoms with Crippen molar-refractivity contribution in [1.82, 2.24) is 16.0 Å². The van der Waals surface area contributed by atoms with Gasteiger partial charge in [0.2, 0.25) is 23.6 Å². The Hall–Kier alpha value is -3.16. The molecule has 0 aliphatic carbocycles. The number of amides is 4. The molecular formula is C22H33N5O7S. The average molecular weight is 512 g/mol. The molecule has 4 atom stereocenters. The van der Waals surface area contributed by atoms with E-state index in [1.807, 2.05) is 0 Å². The van der Waals surface area contributed by atoms with Crippen molar-refractivity contribution in [2.24, 2.45) is 11.5 Å². The van der Waals surface area contributed by atoms with Crippen LogP contribution < -0.4 is 27.4 Å². The van der Waals surface area contributed by atoms with Crippen LogP contribution in [-0.4, -0.2) is 82.6 Å². The highest BCUT2D eigenvalue weighted by Gasteiger charge is 2.30. The third-order valence-corrected chi connectivity index (χ3v) is 5.63. The van der Waals surface area contributed by atoms with Crippen molar-refractivity contribution in [1.29, 1.82) is 0 Å². The maximum Gasteiger partial charge on any atom is 0.326 e. The van der Waals surface area contributed by atoms with Gasteiger partial charge in [0.15, 0.2) is 0 Å². The van der Waals surface area contributed by atoms with Crippen molar-refractivity contribution >= 4 is 41.4 Å². The number of thioether (sulfide) groups is 1. The van der Waals surface area contributed by atoms with E-state index in [4.69, 9.17) is 16.6 Å². The quantitative estimate of drug-likeness (QED) is 0.132. The monoisotopic (exact) mass is 511 g/mol. The number of aliphatic hydroxyl groups excluding tert-OH is 1. The number of carboxylic acids is 1. The first kappa shape index (κ1) is 29.9. The van der Waals surface area contributed by atoms with Crippen molar-refractivity contribution in [3.8, 4) is 0 Å². The minimum atomic E-state index is -1.28. The van der Waals surface area contributed by atoms with Crippen molar-refractivity contribution in [2.45, 2.75) is 49.9 Å². The lowest BCUT2D eigenvalue weighted by Crippen LogP contribution is -2.57. The number of aliphatic hydroxyl groups is 1. The molecule has 0 fully saturated rings. The fraction of sp³-hybridized carbons (Fsp3) is 0.500. The van der Waals surface area contributed by atoms with Crippen LogP contribution in [0.15, 0.2) is 30.3 Å². The van der Waals surface area contributed by atoms with Crippen molar-refractivity contribution in [2.75, 3.05) is 18.6 Å². The maximum absolute atomic E-state index is 12.9. The van der Waals surface area contributed by atoms with Gasteiger partial charge in [0.05, 0.1) is 6.61 Å². The lowest BCUT2D eigenvalue weighted by atomic mass is 10.0. The number of aliphatic carboxylic acids is 1. The third kappa shape index (κ3) is 11.2. The first-order valence-corrected chi connectivity index (χ1v) is 12.3. The van der Waals surface area contributed by atoms with Gasteiger partial charge in [0.1, 0.15) is 24.2 Å². The Bertz CT molecular complexity index is 871. The molecule has 0 aliphatic heterocycles. The molecule has 35 heavy (non-hydrogen) atoms. The molecule has 0 aromatic heterocycles. The van der Waals surface area contributed by atoms with Crippen LogP contribution in [0.25, 0.3) is 0 Å². The molecule has 194 valence electrons. The topological polar surface area (TPSA) is 214 Å². The number of carboxylic acid groups (broad SMARTS) is 1. The molecule has 0 spiro atoms. The highest BCUT2D eigenvalue weighted by atomic mass is 32.2. The number of carbonyl (C=O) groups excluding carboxylic acids is 4. The predicted molar refractivity (Wildman–Crippen MR) is 130 cm³/mol. The normalized spacial score (nSPS) is 14.1. The van der Waals surface area contributed by atoms with E-state index in [0.717, 1.165) is 0 Å². The van der Waals surface area contributed by atoms with Crippen LogP contribution in [0.3, 0.4) is 0 Å². The van der Waals surface area contributed by atoms with Crippen LogP contribution in [0.4, 0.5) is 0 Å². The number of hydrogen-bond acceptors (Lipinski definition) is 8. The molecule has 1 aromatic rings. The summed E-state index contributed by atoms with van der Waals surface area (Å²) in [5.74, 6) is -3.78. The molecule has 4 unspecified atom stereocenters. The zero-order valence-corrected chi connectivity index (χ0v) is 20.3. The molecule has 12 nitrogen and oxygen atoms in total. The molecule has 4 amide bonds. The maximum atomic E-state index is 12.9. The van der Waals surface area contributed by atoms with Gasteiger partial charge in [-0.3, -0.25) is 19.2 Å². The van der Waals surface area contributed by atoms with E-state index in [0.29, 0.717) is 11.3 Å². The molecule has 9 N–H and O–H groups in total. The highest BCUT2D eigenvalue weighted by molar-refractivity contribution is 7.98. The van der Waals surface area contributed by atoms with E-state index in [-0.39, 0.29) is 25.7 Å². The Morgan fingerprint density at radius 2 is 1.46 bits per heavy atom. The summed E-state index contributed by atoms with van der Waals surface area (Å²) in [5, 5.41) is 25.9. The van der Waals surface area contributed by atoms with Gasteiger partial charge >= 0.3 is 5.97 Å². The zero-order chi connectivity index (χ0) is 26.4. The van der Waals surface area contributed by atoms with E-state index >= 15 is 0 Å². The second-order valence-corrected chi connectivity index (χ2v) is 8.77. The van der Waals surface area contributed by atoms with Crippen LogP contribution in [0.2, 0.25) is 0 Å². The molecule has 0 saturated heterocycles. The summed E-state index contributed by atoms with van der Waals surface area (Å²) in [6.45, 7) is -0.621. The van der Waals surface area contributed by atoms with E-state index in [1.54, 1.807) is 36.6 Å². The molecule has 1 rings (SSSR count). The number of carbonyl (C=O) groups is 5. The number of rotatable bonds is 16. The van der Waals surface area contributed by atoms with Gasteiger partial charge in [-0.15, -0.1) is 0 Å². The van der Waals surface area contributed by atoms with Crippen LogP contribution in [0.5, 0.6) is 0 Å². The van der Waals surface area contributed by atoms with Crippen molar-refractivity contribution in [3.05, 3.63) is 35.9 Å². The standard InChI is InChI=1S/C22H33N5O7S/c1-35-10-9-16(25-19(30)14(23)12-28)21(32)26-15(7-8-18(24)29)20(31)27-17(22(33)34)11-13-5-3-2-4-6-13/h2-6,14-17,28H,7-12,23H2,1H3,(H2,24,29)(H,25,30)(H,26,32)(H,27,31)(H,33,34). The van der Waals surface area contributed by atoms with Crippen LogP contribution in [0.1, 0.15) is 24.8 Å². The van der Waals surface area contributed by atoms with Crippen LogP contribution in [-0.2, 0) is 30.4 Å². The molecule has 0 aliphatic rings. The van der Waals surface area contributed by atoms with Gasteiger partial charge < -0.3 is 37.6 Å². The summed E-state index contributed by atoms with van der Waals surface area (Å²) in [4.78, 5) is 61.0. The number of hydrogen-bond donors (Lipinski definition) is 7. The van der Waals surface area contributed by atoms with E-state index in [2.05, 4.69) is 16.0 Å². The Balaban J connectivity index is 3.00. The Morgan fingerprint density at radius 3 is 1.97 bits per heavy atom. The fourth-order valence-electron chi connectivity index (χ4n) is 3.02. The largest absolute Gasteiger partial charge is 0.480 e. The summed E-state index contributed by atoms with van der Waals surface area (Å²) in [5.41, 5.74) is 11.4. The van der Waals surface area contributed by atoms with Gasteiger partial charge in [-0.1, -0.05) is 30.3 Å². The van der Waals surface area contributed by atoms with Crippen LogP contribution in [0, 0.1) is 0 Å². The fourth-order valence-corrected chi connectivity index (χ4v) is 3.49. The summed E-state index contributed by atoms with van der Waals surface area (Å²) in [6, 6.07) is 3.79. The Kier molecular flexibility index (Phi) is 13.4. The highest BCUT2D eigenvalue weighted by Crippen LogP contribution is 2.07. The summed E-state index contributed by atoms with van der Waals surface area (Å²) in [6.07, 6.45) is 1.59. The van der Waals surface area contributed by atoms with Gasteiger partial charge in [0, 0.05) is 12.8 Å². The summed E-state index contributed by atoms with van der Waals surface area (Å²) < 4.78 is 0. The van der Waals surface area contributed by atoms with E-state index < -0.39 is 60.4 Å². The summed E-state index contributed by atoms with van der Waals surface area (Å²) in [7, 11) is 0. The molecule has 0 radical (unpaired) electrons. The molecule has 0 saturated carbocycles. The minimum Gasteiger partial charge on any atom is -0.480 e. The van der Waals surface area contributed by atoms with Crippen molar-refractivity contribution in [3.63, 3.8) is 0 Å². The van der Waals surface area contributed by atoms with Gasteiger partial charge in [-0.05, 0) is 30.4 Å². The van der Waals surface area contributed by atoms with E-state index in [1.165, 1.54) is 11.8 Å². The van der Waals surface area contributed by atoms with Gasteiger partial charge in [-0.25, -0.2) is 4.79 Å². The van der Waals surface area contributed by atoms with Gasteiger partial charge in [-0.2, -0.15) is 11.8 Å². The Morgan fingerprint density at radius 1 is 0.914 bits per heavy atom. The number of nitrogens with one attached hydrogen (secondary N) is 3. The molecule has 1 aromatic carbocycles. The Labute approximate surface area is 207 Å². The predicted octanol–water partition coefficient (Wildman–Crippen LogP) is -1.89. The minimum absolute atomic E-state index is 0.00382. The van der Waals surface area contributed by atoms with E-state index in [9.17, 15) is 29.1 Å². The summed E-state index contributed by atoms with van der Waals surface area (Å²) >= 11 is 1.42. The molecular weight excluding hydrogens is 478 g/mol. The number of nitrogens with two attached hydrogens (primary N) is 2. The zero-order valence-electron chi connectivity index (χ0n) is 19.4. The van der Waals surface area contributed by atoms with Crippen LogP contribution >= 0.6 is 11.8 Å². The van der Waals surface area contributed by atoms with Gasteiger partial charge in [0.25, 0.3) is 0 Å². The first-order valence-electron chi connectivity index (χ1n) is 10.9. The lowest BCUT2D eigenvalue weighted by molar-refractivity contribution is -0.142. The lowest BCUT2D eigenvalue weighted by Gasteiger charge is -2.25. The average Bonchev–Trinajstić information content (AvgIpc) is 2.83. The second-order valence-electron chi connectivity index (χ2n) is 7.79. The third-order valence-electron chi connectivity index (χ3n) is 4.99.